The van der Waals surface area contributed by atoms with Crippen molar-refractivity contribution in [3.05, 3.63) is 35.6 Å². The van der Waals surface area contributed by atoms with Crippen molar-refractivity contribution in [1.82, 2.24) is 10.6 Å². The minimum absolute atomic E-state index is 0.320. The molecule has 7 heteroatoms. The molecule has 1 unspecified atom stereocenters. The molecule has 0 aliphatic carbocycles. The van der Waals surface area contributed by atoms with Gasteiger partial charge in [0.2, 0.25) is 0 Å². The van der Waals surface area contributed by atoms with Crippen molar-refractivity contribution in [1.29, 1.82) is 0 Å². The molecule has 0 aromatic heterocycles. The first-order valence-corrected chi connectivity index (χ1v) is 5.66. The number of carbonyl (C=O) groups excluding carboxylic acids is 1. The van der Waals surface area contributed by atoms with Gasteiger partial charge in [0, 0.05) is 6.54 Å². The highest BCUT2D eigenvalue weighted by atomic mass is 19.1. The number of aliphatic hydroxyl groups is 1. The molecule has 0 aliphatic rings. The summed E-state index contributed by atoms with van der Waals surface area (Å²) in [6, 6.07) is 5.33. The quantitative estimate of drug-likeness (QED) is 0.589. The SMILES string of the molecule is O=C(NCCc1ccc(F)cc1)NCC(O)C(=O)O. The molecule has 1 atom stereocenters. The van der Waals surface area contributed by atoms with Gasteiger partial charge in [-0.1, -0.05) is 12.1 Å². The van der Waals surface area contributed by atoms with Crippen LogP contribution in [0.5, 0.6) is 0 Å². The van der Waals surface area contributed by atoms with E-state index >= 15 is 0 Å². The average molecular weight is 270 g/mol. The molecule has 1 rings (SSSR count). The Morgan fingerprint density at radius 3 is 2.42 bits per heavy atom. The van der Waals surface area contributed by atoms with Gasteiger partial charge in [0.05, 0.1) is 6.54 Å². The molecule has 1 aromatic rings. The number of halogens is 1. The van der Waals surface area contributed by atoms with Crippen molar-refractivity contribution >= 4 is 12.0 Å². The Kier molecular flexibility index (Phi) is 5.74. The third-order valence-electron chi connectivity index (χ3n) is 2.35. The monoisotopic (exact) mass is 270 g/mol. The Morgan fingerprint density at radius 2 is 1.84 bits per heavy atom. The van der Waals surface area contributed by atoms with Crippen LogP contribution in [0.3, 0.4) is 0 Å². The summed E-state index contributed by atoms with van der Waals surface area (Å²) in [5.41, 5.74) is 0.868. The van der Waals surface area contributed by atoms with Crippen LogP contribution in [0.4, 0.5) is 9.18 Å². The number of aliphatic hydroxyl groups excluding tert-OH is 1. The molecule has 0 heterocycles. The molecule has 0 bridgehead atoms. The second-order valence-corrected chi connectivity index (χ2v) is 3.87. The third kappa shape index (κ3) is 5.82. The van der Waals surface area contributed by atoms with Crippen LogP contribution in [0.2, 0.25) is 0 Å². The number of hydrogen-bond acceptors (Lipinski definition) is 3. The van der Waals surface area contributed by atoms with Crippen molar-refractivity contribution in [3.8, 4) is 0 Å². The summed E-state index contributed by atoms with van der Waals surface area (Å²) in [6.07, 6.45) is -1.10. The predicted octanol–water partition coefficient (Wildman–Crippen LogP) is 0.113. The molecule has 19 heavy (non-hydrogen) atoms. The first-order chi connectivity index (χ1) is 8.99. The number of hydrogen-bond donors (Lipinski definition) is 4. The molecule has 0 radical (unpaired) electrons. The number of urea groups is 1. The van der Waals surface area contributed by atoms with Crippen LogP contribution in [0.25, 0.3) is 0 Å². The lowest BCUT2D eigenvalue weighted by atomic mass is 10.1. The molecule has 2 amide bonds. The van der Waals surface area contributed by atoms with Gasteiger partial charge in [0.25, 0.3) is 0 Å². The van der Waals surface area contributed by atoms with Gasteiger partial charge in [-0.15, -0.1) is 0 Å². The highest BCUT2D eigenvalue weighted by Gasteiger charge is 2.13. The zero-order chi connectivity index (χ0) is 14.3. The van der Waals surface area contributed by atoms with Gasteiger partial charge in [-0.3, -0.25) is 0 Å². The maximum atomic E-state index is 12.6. The number of benzene rings is 1. The summed E-state index contributed by atoms with van der Waals surface area (Å²) in [4.78, 5) is 21.5. The first kappa shape index (κ1) is 14.9. The molecule has 104 valence electrons. The molecule has 6 nitrogen and oxygen atoms in total. The van der Waals surface area contributed by atoms with E-state index < -0.39 is 18.1 Å². The summed E-state index contributed by atoms with van der Waals surface area (Å²) in [7, 11) is 0. The molecule has 0 saturated heterocycles. The average Bonchev–Trinajstić information content (AvgIpc) is 2.38. The van der Waals surface area contributed by atoms with E-state index in [2.05, 4.69) is 10.6 Å². The lowest BCUT2D eigenvalue weighted by Gasteiger charge is -2.09. The Balaban J connectivity index is 2.20. The zero-order valence-corrected chi connectivity index (χ0v) is 10.1. The molecule has 4 N–H and O–H groups in total. The van der Waals surface area contributed by atoms with Crippen LogP contribution in [0, 0.1) is 5.82 Å². The molecule has 0 aliphatic heterocycles. The molecule has 0 spiro atoms. The largest absolute Gasteiger partial charge is 0.479 e. The van der Waals surface area contributed by atoms with Crippen LogP contribution in [0.1, 0.15) is 5.56 Å². The molecule has 0 fully saturated rings. The van der Waals surface area contributed by atoms with E-state index in [1.165, 1.54) is 12.1 Å². The highest BCUT2D eigenvalue weighted by Crippen LogP contribution is 2.02. The second kappa shape index (κ2) is 7.32. The van der Waals surface area contributed by atoms with E-state index in [0.717, 1.165) is 5.56 Å². The van der Waals surface area contributed by atoms with E-state index in [-0.39, 0.29) is 12.4 Å². The van der Waals surface area contributed by atoms with Crippen LogP contribution >= 0.6 is 0 Å². The van der Waals surface area contributed by atoms with Crippen LogP contribution in [-0.2, 0) is 11.2 Å². The van der Waals surface area contributed by atoms with Crippen molar-refractivity contribution in [2.24, 2.45) is 0 Å². The standard InChI is InChI=1S/C12H15FN2O4/c13-9-3-1-8(2-4-9)5-6-14-12(19)15-7-10(16)11(17)18/h1-4,10,16H,5-7H2,(H,17,18)(H2,14,15,19). The number of carboxylic acid groups (broad SMARTS) is 1. The van der Waals surface area contributed by atoms with Crippen molar-refractivity contribution in [2.75, 3.05) is 13.1 Å². The lowest BCUT2D eigenvalue weighted by molar-refractivity contribution is -0.146. The van der Waals surface area contributed by atoms with Crippen LogP contribution in [-0.4, -0.2) is 41.4 Å². The van der Waals surface area contributed by atoms with E-state index in [1.54, 1.807) is 12.1 Å². The van der Waals surface area contributed by atoms with Gasteiger partial charge in [0.15, 0.2) is 6.10 Å². The fourth-order valence-corrected chi connectivity index (χ4v) is 1.31. The topological polar surface area (TPSA) is 98.7 Å². The fraction of sp³-hybridized carbons (Fsp3) is 0.333. The van der Waals surface area contributed by atoms with Crippen LogP contribution < -0.4 is 10.6 Å². The van der Waals surface area contributed by atoms with E-state index in [1.807, 2.05) is 0 Å². The maximum Gasteiger partial charge on any atom is 0.334 e. The van der Waals surface area contributed by atoms with Crippen molar-refractivity contribution in [3.63, 3.8) is 0 Å². The van der Waals surface area contributed by atoms with E-state index in [9.17, 15) is 14.0 Å². The van der Waals surface area contributed by atoms with Gasteiger partial charge in [-0.25, -0.2) is 14.0 Å². The Hall–Kier alpha value is -2.15. The molecule has 0 saturated carbocycles. The Morgan fingerprint density at radius 1 is 1.21 bits per heavy atom. The number of carbonyl (C=O) groups is 2. The van der Waals surface area contributed by atoms with Crippen LogP contribution in [0.15, 0.2) is 24.3 Å². The first-order valence-electron chi connectivity index (χ1n) is 5.66. The zero-order valence-electron chi connectivity index (χ0n) is 10.1. The predicted molar refractivity (Wildman–Crippen MR) is 65.1 cm³/mol. The second-order valence-electron chi connectivity index (χ2n) is 3.87. The van der Waals surface area contributed by atoms with Gasteiger partial charge in [-0.05, 0) is 24.1 Å². The number of amides is 2. The minimum atomic E-state index is -1.62. The van der Waals surface area contributed by atoms with E-state index in [4.69, 9.17) is 10.2 Å². The number of nitrogens with one attached hydrogen (secondary N) is 2. The number of rotatable bonds is 6. The highest BCUT2D eigenvalue weighted by molar-refractivity contribution is 5.76. The maximum absolute atomic E-state index is 12.6. The lowest BCUT2D eigenvalue weighted by Crippen LogP contribution is -2.42. The minimum Gasteiger partial charge on any atom is -0.479 e. The summed E-state index contributed by atoms with van der Waals surface area (Å²) >= 11 is 0. The summed E-state index contributed by atoms with van der Waals surface area (Å²) in [5.74, 6) is -1.72. The Labute approximate surface area is 109 Å². The fourth-order valence-electron chi connectivity index (χ4n) is 1.31. The molecular weight excluding hydrogens is 255 g/mol. The van der Waals surface area contributed by atoms with Gasteiger partial charge < -0.3 is 20.8 Å². The smallest absolute Gasteiger partial charge is 0.334 e. The summed E-state index contributed by atoms with van der Waals surface area (Å²) in [6.45, 7) is -0.0433. The van der Waals surface area contributed by atoms with Crippen molar-refractivity contribution in [2.45, 2.75) is 12.5 Å². The van der Waals surface area contributed by atoms with E-state index in [0.29, 0.717) is 13.0 Å². The Bertz CT molecular complexity index is 436. The van der Waals surface area contributed by atoms with Gasteiger partial charge in [-0.2, -0.15) is 0 Å². The summed E-state index contributed by atoms with van der Waals surface area (Å²) in [5, 5.41) is 22.0. The van der Waals surface area contributed by atoms with Gasteiger partial charge >= 0.3 is 12.0 Å². The summed E-state index contributed by atoms with van der Waals surface area (Å²) < 4.78 is 12.6. The normalized spacial score (nSPS) is 11.7. The number of aliphatic carboxylic acids is 1. The molecule has 1 aromatic carbocycles. The van der Waals surface area contributed by atoms with Crippen molar-refractivity contribution < 1.29 is 24.2 Å². The number of carboxylic acids is 1. The molecular formula is C12H15FN2O4. The van der Waals surface area contributed by atoms with Gasteiger partial charge in [0.1, 0.15) is 5.82 Å². The third-order valence-corrected chi connectivity index (χ3v) is 2.35.